The number of aromatic nitrogens is 1. The lowest BCUT2D eigenvalue weighted by atomic mass is 10.1. The van der Waals surface area contributed by atoms with Crippen molar-refractivity contribution in [2.75, 3.05) is 17.7 Å². The fraction of sp³-hybridized carbons (Fsp3) is 0.0833. The lowest BCUT2D eigenvalue weighted by Crippen LogP contribution is -1.98. The second kappa shape index (κ2) is 4.45. The molecule has 82 valence electrons. The number of anilines is 2. The summed E-state index contributed by atoms with van der Waals surface area (Å²) >= 11 is 1.69. The van der Waals surface area contributed by atoms with E-state index in [0.717, 1.165) is 11.1 Å². The summed E-state index contributed by atoms with van der Waals surface area (Å²) < 4.78 is 0. The molecule has 4 N–H and O–H groups in total. The fourth-order valence-electron chi connectivity index (χ4n) is 1.59. The summed E-state index contributed by atoms with van der Waals surface area (Å²) in [4.78, 5) is 5.25. The van der Waals surface area contributed by atoms with Gasteiger partial charge in [0.05, 0.1) is 0 Å². The Morgan fingerprint density at radius 1 is 1.00 bits per heavy atom. The zero-order chi connectivity index (χ0) is 11.5. The molecule has 4 heteroatoms. The maximum absolute atomic E-state index is 5.88. The number of rotatable bonds is 2. The van der Waals surface area contributed by atoms with Crippen molar-refractivity contribution in [3.63, 3.8) is 0 Å². The lowest BCUT2D eigenvalue weighted by molar-refractivity contribution is 1.33. The molecule has 16 heavy (non-hydrogen) atoms. The van der Waals surface area contributed by atoms with Crippen molar-refractivity contribution in [2.24, 2.45) is 0 Å². The molecule has 0 aliphatic rings. The first-order chi connectivity index (χ1) is 7.72. The van der Waals surface area contributed by atoms with E-state index < -0.39 is 0 Å². The van der Waals surface area contributed by atoms with Crippen LogP contribution in [0, 0.1) is 0 Å². The van der Waals surface area contributed by atoms with Gasteiger partial charge < -0.3 is 11.5 Å². The van der Waals surface area contributed by atoms with Gasteiger partial charge in [-0.25, -0.2) is 4.98 Å². The van der Waals surface area contributed by atoms with Crippen molar-refractivity contribution in [1.29, 1.82) is 0 Å². The summed E-state index contributed by atoms with van der Waals surface area (Å²) in [6.45, 7) is 0. The summed E-state index contributed by atoms with van der Waals surface area (Å²) in [5, 5.41) is 0. The van der Waals surface area contributed by atoms with E-state index in [9.17, 15) is 0 Å². The molecule has 1 aromatic carbocycles. The molecule has 0 aliphatic carbocycles. The molecule has 2 aromatic rings. The summed E-state index contributed by atoms with van der Waals surface area (Å²) in [5.41, 5.74) is 13.5. The van der Waals surface area contributed by atoms with Crippen LogP contribution in [0.1, 0.15) is 0 Å². The van der Waals surface area contributed by atoms with Crippen LogP contribution in [0.2, 0.25) is 0 Å². The number of nitrogens with two attached hydrogens (primary N) is 2. The van der Waals surface area contributed by atoms with Crippen LogP contribution >= 0.6 is 11.8 Å². The molecule has 0 fully saturated rings. The Labute approximate surface area is 98.9 Å². The largest absolute Gasteiger partial charge is 0.384 e. The van der Waals surface area contributed by atoms with Crippen molar-refractivity contribution in [3.05, 3.63) is 36.4 Å². The Bertz CT molecular complexity index is 511. The Morgan fingerprint density at radius 2 is 1.75 bits per heavy atom. The van der Waals surface area contributed by atoms with Crippen LogP contribution in [0.4, 0.5) is 11.6 Å². The molecule has 3 nitrogen and oxygen atoms in total. The number of pyridine rings is 1. The Kier molecular flexibility index (Phi) is 3.01. The number of thioether (sulfide) groups is 1. The molecule has 0 aliphatic heterocycles. The maximum atomic E-state index is 5.88. The number of nitrogens with zero attached hydrogens (tertiary/aromatic N) is 1. The molecule has 0 unspecified atom stereocenters. The second-order valence-corrected chi connectivity index (χ2v) is 4.22. The van der Waals surface area contributed by atoms with Gasteiger partial charge in [-0.3, -0.25) is 0 Å². The third-order valence-electron chi connectivity index (χ3n) is 2.34. The molecule has 1 aromatic heterocycles. The van der Waals surface area contributed by atoms with Gasteiger partial charge in [-0.1, -0.05) is 18.2 Å². The molecule has 0 saturated carbocycles. The number of hydrogen-bond donors (Lipinski definition) is 2. The molecular weight excluding hydrogens is 218 g/mol. The third kappa shape index (κ3) is 1.97. The summed E-state index contributed by atoms with van der Waals surface area (Å²) in [6.07, 6.45) is 2.04. The van der Waals surface area contributed by atoms with E-state index in [1.165, 1.54) is 4.90 Å². The maximum Gasteiger partial charge on any atom is 0.133 e. The zero-order valence-electron chi connectivity index (χ0n) is 8.97. The average molecular weight is 231 g/mol. The topological polar surface area (TPSA) is 64.9 Å². The van der Waals surface area contributed by atoms with E-state index in [2.05, 4.69) is 11.1 Å². The molecule has 0 radical (unpaired) electrons. The molecule has 0 atom stereocenters. The van der Waals surface area contributed by atoms with Gasteiger partial charge in [0.25, 0.3) is 0 Å². The van der Waals surface area contributed by atoms with Crippen molar-refractivity contribution in [3.8, 4) is 11.1 Å². The van der Waals surface area contributed by atoms with E-state index in [1.54, 1.807) is 17.8 Å². The molecule has 0 amide bonds. The van der Waals surface area contributed by atoms with Crippen molar-refractivity contribution in [2.45, 2.75) is 4.90 Å². The molecule has 1 heterocycles. The van der Waals surface area contributed by atoms with Crippen molar-refractivity contribution in [1.82, 2.24) is 4.98 Å². The van der Waals surface area contributed by atoms with Gasteiger partial charge in [-0.15, -0.1) is 11.8 Å². The minimum Gasteiger partial charge on any atom is -0.384 e. The Balaban J connectivity index is 2.58. The highest BCUT2D eigenvalue weighted by atomic mass is 32.2. The summed E-state index contributed by atoms with van der Waals surface area (Å²) in [6, 6.07) is 11.8. The standard InChI is InChI=1S/C12H13N3S/c1-16-10-5-3-2-4-8(10)9-6-7-11(13)15-12(9)14/h2-7H,1H3,(H4,13,14,15). The summed E-state index contributed by atoms with van der Waals surface area (Å²) in [5.74, 6) is 0.921. The van der Waals surface area contributed by atoms with E-state index in [1.807, 2.05) is 30.5 Å². The number of benzene rings is 1. The predicted octanol–water partition coefficient (Wildman–Crippen LogP) is 2.63. The number of hydrogen-bond acceptors (Lipinski definition) is 4. The van der Waals surface area contributed by atoms with E-state index in [-0.39, 0.29) is 0 Å². The SMILES string of the molecule is CSc1ccccc1-c1ccc(N)nc1N. The van der Waals surface area contributed by atoms with E-state index in [4.69, 9.17) is 11.5 Å². The summed E-state index contributed by atoms with van der Waals surface area (Å²) in [7, 11) is 0. The van der Waals surface area contributed by atoms with Gasteiger partial charge in [0.1, 0.15) is 11.6 Å². The average Bonchev–Trinajstić information content (AvgIpc) is 2.29. The van der Waals surface area contributed by atoms with Gasteiger partial charge in [0.2, 0.25) is 0 Å². The first-order valence-electron chi connectivity index (χ1n) is 4.87. The van der Waals surface area contributed by atoms with Crippen LogP contribution in [-0.2, 0) is 0 Å². The van der Waals surface area contributed by atoms with Crippen molar-refractivity contribution < 1.29 is 0 Å². The minimum absolute atomic E-state index is 0.447. The Hall–Kier alpha value is -1.68. The predicted molar refractivity (Wildman–Crippen MR) is 70.3 cm³/mol. The lowest BCUT2D eigenvalue weighted by Gasteiger charge is -2.09. The van der Waals surface area contributed by atoms with Gasteiger partial charge >= 0.3 is 0 Å². The molecule has 0 spiro atoms. The molecule has 0 bridgehead atoms. The van der Waals surface area contributed by atoms with Gasteiger partial charge in [0, 0.05) is 10.5 Å². The van der Waals surface area contributed by atoms with Gasteiger partial charge in [-0.2, -0.15) is 0 Å². The quantitative estimate of drug-likeness (QED) is 0.780. The molecule has 0 saturated heterocycles. The van der Waals surface area contributed by atoms with Crippen molar-refractivity contribution >= 4 is 23.4 Å². The van der Waals surface area contributed by atoms with E-state index in [0.29, 0.717) is 11.6 Å². The zero-order valence-corrected chi connectivity index (χ0v) is 9.79. The Morgan fingerprint density at radius 3 is 2.44 bits per heavy atom. The highest BCUT2D eigenvalue weighted by Crippen LogP contribution is 2.32. The highest BCUT2D eigenvalue weighted by Gasteiger charge is 2.07. The second-order valence-electron chi connectivity index (χ2n) is 3.37. The van der Waals surface area contributed by atoms with Crippen LogP contribution in [0.15, 0.2) is 41.3 Å². The van der Waals surface area contributed by atoms with Crippen LogP contribution in [0.5, 0.6) is 0 Å². The van der Waals surface area contributed by atoms with Crippen LogP contribution < -0.4 is 11.5 Å². The first kappa shape index (κ1) is 10.8. The minimum atomic E-state index is 0.447. The third-order valence-corrected chi connectivity index (χ3v) is 3.14. The first-order valence-corrected chi connectivity index (χ1v) is 6.10. The smallest absolute Gasteiger partial charge is 0.133 e. The number of nitrogen functional groups attached to an aromatic ring is 2. The molecule has 2 rings (SSSR count). The molecular formula is C12H13N3S. The normalized spacial score (nSPS) is 10.3. The van der Waals surface area contributed by atoms with Gasteiger partial charge in [-0.05, 0) is 30.0 Å². The monoisotopic (exact) mass is 231 g/mol. The van der Waals surface area contributed by atoms with Crippen LogP contribution in [-0.4, -0.2) is 11.2 Å². The highest BCUT2D eigenvalue weighted by molar-refractivity contribution is 7.98. The fourth-order valence-corrected chi connectivity index (χ4v) is 2.20. The van der Waals surface area contributed by atoms with Crippen LogP contribution in [0.3, 0.4) is 0 Å². The van der Waals surface area contributed by atoms with Crippen LogP contribution in [0.25, 0.3) is 11.1 Å². The van der Waals surface area contributed by atoms with E-state index >= 15 is 0 Å². The van der Waals surface area contributed by atoms with Gasteiger partial charge in [0.15, 0.2) is 0 Å².